The molecule has 1 aliphatic rings. The molecule has 0 saturated carbocycles. The first-order chi connectivity index (χ1) is 12.2. The van der Waals surface area contributed by atoms with Crippen LogP contribution in [0.1, 0.15) is 23.5 Å². The van der Waals surface area contributed by atoms with Crippen molar-refractivity contribution < 1.29 is 9.15 Å². The lowest BCUT2D eigenvalue weighted by molar-refractivity contribution is 0.327. The summed E-state index contributed by atoms with van der Waals surface area (Å²) in [5, 5.41) is 0.976. The maximum atomic E-state index is 11.9. The molecule has 1 saturated heterocycles. The molecule has 1 aliphatic heterocycles. The second-order valence-electron chi connectivity index (χ2n) is 6.58. The molecule has 1 unspecified atom stereocenters. The number of hydrogen-bond donors (Lipinski definition) is 0. The van der Waals surface area contributed by atoms with E-state index in [2.05, 4.69) is 35.2 Å². The highest BCUT2D eigenvalue weighted by Crippen LogP contribution is 2.29. The summed E-state index contributed by atoms with van der Waals surface area (Å²) in [5.74, 6) is 1.26. The van der Waals surface area contributed by atoms with Crippen LogP contribution >= 0.6 is 0 Å². The number of rotatable bonds is 4. The zero-order valence-electron chi connectivity index (χ0n) is 14.3. The summed E-state index contributed by atoms with van der Waals surface area (Å²) in [6.07, 6.45) is 1.15. The first kappa shape index (κ1) is 15.9. The van der Waals surface area contributed by atoms with E-state index in [0.29, 0.717) is 17.3 Å². The molecule has 4 heteroatoms. The molecular formula is C21H21NO3. The molecule has 2 heterocycles. The zero-order chi connectivity index (χ0) is 17.2. The third kappa shape index (κ3) is 3.30. The summed E-state index contributed by atoms with van der Waals surface area (Å²) < 4.78 is 10.6. The van der Waals surface area contributed by atoms with Gasteiger partial charge in [0.25, 0.3) is 0 Å². The van der Waals surface area contributed by atoms with Gasteiger partial charge in [0.1, 0.15) is 11.3 Å². The Morgan fingerprint density at radius 2 is 2.00 bits per heavy atom. The number of ether oxygens (including phenoxy) is 1. The van der Waals surface area contributed by atoms with E-state index >= 15 is 0 Å². The molecule has 1 atom stereocenters. The molecule has 0 N–H and O–H groups in total. The Morgan fingerprint density at radius 1 is 1.16 bits per heavy atom. The van der Waals surface area contributed by atoms with E-state index in [1.165, 1.54) is 5.56 Å². The highest BCUT2D eigenvalue weighted by molar-refractivity contribution is 5.81. The summed E-state index contributed by atoms with van der Waals surface area (Å²) in [5.41, 5.74) is 2.69. The van der Waals surface area contributed by atoms with Gasteiger partial charge in [-0.25, -0.2) is 4.79 Å². The Balaban J connectivity index is 1.58. The van der Waals surface area contributed by atoms with Crippen LogP contribution in [0.15, 0.2) is 63.8 Å². The minimum absolute atomic E-state index is 0.311. The van der Waals surface area contributed by atoms with Crippen molar-refractivity contribution in [3.63, 3.8) is 0 Å². The SMILES string of the molecule is COc1ccc2c(CN3CCC(c4ccccc4)C3)cc(=O)oc2c1. The smallest absolute Gasteiger partial charge is 0.336 e. The monoisotopic (exact) mass is 335 g/mol. The molecule has 0 aliphatic carbocycles. The van der Waals surface area contributed by atoms with Gasteiger partial charge in [0, 0.05) is 30.6 Å². The normalized spacial score (nSPS) is 17.9. The molecule has 0 bridgehead atoms. The van der Waals surface area contributed by atoms with Crippen LogP contribution in [0.2, 0.25) is 0 Å². The largest absolute Gasteiger partial charge is 0.497 e. The van der Waals surface area contributed by atoms with Crippen LogP contribution in [0.4, 0.5) is 0 Å². The first-order valence-corrected chi connectivity index (χ1v) is 8.61. The number of nitrogens with zero attached hydrogens (tertiary/aromatic N) is 1. The molecular weight excluding hydrogens is 314 g/mol. The molecule has 3 aromatic rings. The van der Waals surface area contributed by atoms with Crippen molar-refractivity contribution in [1.82, 2.24) is 4.90 Å². The Kier molecular flexibility index (Phi) is 4.28. The molecule has 0 amide bonds. The second-order valence-corrected chi connectivity index (χ2v) is 6.58. The van der Waals surface area contributed by atoms with E-state index in [4.69, 9.17) is 9.15 Å². The summed E-state index contributed by atoms with van der Waals surface area (Å²) in [6.45, 7) is 2.82. The number of fused-ring (bicyclic) bond motifs is 1. The average molecular weight is 335 g/mol. The van der Waals surface area contributed by atoms with Gasteiger partial charge >= 0.3 is 5.63 Å². The fourth-order valence-electron chi connectivity index (χ4n) is 3.68. The lowest BCUT2D eigenvalue weighted by atomic mass is 9.99. The minimum Gasteiger partial charge on any atom is -0.497 e. The Morgan fingerprint density at radius 3 is 2.80 bits per heavy atom. The highest BCUT2D eigenvalue weighted by atomic mass is 16.5. The van der Waals surface area contributed by atoms with Gasteiger partial charge in [0.05, 0.1) is 7.11 Å². The standard InChI is InChI=1S/C21H21NO3/c1-24-18-7-8-19-17(11-21(23)25-20(19)12-18)14-22-10-9-16(13-22)15-5-3-2-4-6-15/h2-8,11-12,16H,9-10,13-14H2,1H3. The molecule has 25 heavy (non-hydrogen) atoms. The second kappa shape index (κ2) is 6.73. The van der Waals surface area contributed by atoms with E-state index in [-0.39, 0.29) is 5.63 Å². The Hall–Kier alpha value is -2.59. The highest BCUT2D eigenvalue weighted by Gasteiger charge is 2.24. The van der Waals surface area contributed by atoms with Crippen LogP contribution in [-0.2, 0) is 6.54 Å². The molecule has 0 radical (unpaired) electrons. The van der Waals surface area contributed by atoms with Crippen LogP contribution in [0.3, 0.4) is 0 Å². The van der Waals surface area contributed by atoms with Crippen molar-refractivity contribution in [2.24, 2.45) is 0 Å². The summed E-state index contributed by atoms with van der Waals surface area (Å²) in [7, 11) is 1.61. The Bertz CT molecular complexity index is 933. The van der Waals surface area contributed by atoms with E-state index in [0.717, 1.165) is 37.0 Å². The third-order valence-corrected chi connectivity index (χ3v) is 4.97. The predicted molar refractivity (Wildman–Crippen MR) is 98.1 cm³/mol. The van der Waals surface area contributed by atoms with E-state index in [9.17, 15) is 4.79 Å². The van der Waals surface area contributed by atoms with Gasteiger partial charge in [0.15, 0.2) is 0 Å². The molecule has 2 aromatic carbocycles. The van der Waals surface area contributed by atoms with Crippen LogP contribution in [0.5, 0.6) is 5.75 Å². The minimum atomic E-state index is -0.311. The van der Waals surface area contributed by atoms with Crippen molar-refractivity contribution in [3.05, 3.63) is 76.1 Å². The van der Waals surface area contributed by atoms with Crippen LogP contribution in [0, 0.1) is 0 Å². The maximum absolute atomic E-state index is 11.9. The van der Waals surface area contributed by atoms with Crippen molar-refractivity contribution in [2.75, 3.05) is 20.2 Å². The van der Waals surface area contributed by atoms with Gasteiger partial charge in [-0.2, -0.15) is 0 Å². The van der Waals surface area contributed by atoms with Gasteiger partial charge in [0.2, 0.25) is 0 Å². The summed E-state index contributed by atoms with van der Waals surface area (Å²) in [6, 6.07) is 17.9. The average Bonchev–Trinajstić information content (AvgIpc) is 3.10. The fraction of sp³-hybridized carbons (Fsp3) is 0.286. The Labute approximate surface area is 146 Å². The van der Waals surface area contributed by atoms with E-state index in [1.54, 1.807) is 19.2 Å². The number of benzene rings is 2. The zero-order valence-corrected chi connectivity index (χ0v) is 14.3. The molecule has 0 spiro atoms. The number of hydrogen-bond acceptors (Lipinski definition) is 4. The van der Waals surface area contributed by atoms with Crippen molar-refractivity contribution in [3.8, 4) is 5.75 Å². The molecule has 1 fully saturated rings. The van der Waals surface area contributed by atoms with Crippen molar-refractivity contribution in [2.45, 2.75) is 18.9 Å². The molecule has 128 valence electrons. The quantitative estimate of drug-likeness (QED) is 0.680. The van der Waals surface area contributed by atoms with Gasteiger partial charge in [-0.3, -0.25) is 4.90 Å². The topological polar surface area (TPSA) is 42.7 Å². The predicted octanol–water partition coefficient (Wildman–Crippen LogP) is 3.79. The van der Waals surface area contributed by atoms with Crippen molar-refractivity contribution >= 4 is 11.0 Å². The lowest BCUT2D eigenvalue weighted by Crippen LogP contribution is -2.20. The third-order valence-electron chi connectivity index (χ3n) is 4.97. The van der Waals surface area contributed by atoms with Gasteiger partial charge in [-0.1, -0.05) is 30.3 Å². The first-order valence-electron chi connectivity index (χ1n) is 8.61. The maximum Gasteiger partial charge on any atom is 0.336 e. The van der Waals surface area contributed by atoms with E-state index < -0.39 is 0 Å². The van der Waals surface area contributed by atoms with Crippen molar-refractivity contribution in [1.29, 1.82) is 0 Å². The fourth-order valence-corrected chi connectivity index (χ4v) is 3.68. The number of likely N-dealkylation sites (tertiary alicyclic amines) is 1. The van der Waals surface area contributed by atoms with Gasteiger partial charge < -0.3 is 9.15 Å². The molecule has 4 rings (SSSR count). The van der Waals surface area contributed by atoms with Crippen LogP contribution in [-0.4, -0.2) is 25.1 Å². The van der Waals surface area contributed by atoms with E-state index in [1.807, 2.05) is 12.1 Å². The van der Waals surface area contributed by atoms with Gasteiger partial charge in [-0.05, 0) is 42.1 Å². The van der Waals surface area contributed by atoms with Crippen LogP contribution in [0.25, 0.3) is 11.0 Å². The number of methoxy groups -OCH3 is 1. The molecule has 4 nitrogen and oxygen atoms in total. The molecule has 1 aromatic heterocycles. The summed E-state index contributed by atoms with van der Waals surface area (Å²) >= 11 is 0. The van der Waals surface area contributed by atoms with Crippen LogP contribution < -0.4 is 10.4 Å². The summed E-state index contributed by atoms with van der Waals surface area (Å²) in [4.78, 5) is 14.4. The van der Waals surface area contributed by atoms with Gasteiger partial charge in [-0.15, -0.1) is 0 Å². The lowest BCUT2D eigenvalue weighted by Gasteiger charge is -2.17.